The number of carbonyl (C=O) groups excluding carboxylic acids is 1. The molecule has 0 spiro atoms. The number of amides is 1. The molecule has 1 aliphatic rings. The van der Waals surface area contributed by atoms with E-state index in [0.717, 1.165) is 64.3 Å². The minimum Gasteiger partial charge on any atom is -0.438 e. The van der Waals surface area contributed by atoms with E-state index in [1.54, 1.807) is 23.6 Å². The van der Waals surface area contributed by atoms with E-state index in [9.17, 15) is 4.79 Å². The van der Waals surface area contributed by atoms with Gasteiger partial charge in [0.25, 0.3) is 0 Å². The summed E-state index contributed by atoms with van der Waals surface area (Å²) in [6, 6.07) is 8.22. The van der Waals surface area contributed by atoms with Crippen LogP contribution in [-0.4, -0.2) is 54.9 Å². The first kappa shape index (κ1) is 26.3. The number of thiophene rings is 1. The second kappa shape index (κ2) is 11.6. The number of hydrogen-bond acceptors (Lipinski definition) is 10. The molecule has 3 N–H and O–H groups in total. The number of carbonyl (C=O) groups is 1. The number of fused-ring (bicyclic) bond motifs is 1. The molecule has 4 aromatic rings. The molecule has 39 heavy (non-hydrogen) atoms. The van der Waals surface area contributed by atoms with Crippen LogP contribution in [0.4, 0.5) is 5.95 Å². The highest BCUT2D eigenvalue weighted by molar-refractivity contribution is 7.16. The molecule has 12 heteroatoms. The summed E-state index contributed by atoms with van der Waals surface area (Å²) >= 11 is 1.55. The summed E-state index contributed by atoms with van der Waals surface area (Å²) in [5.74, 6) is 1.38. The molecule has 1 aromatic carbocycles. The Kier molecular flexibility index (Phi) is 7.81. The summed E-state index contributed by atoms with van der Waals surface area (Å²) in [6.07, 6.45) is 6.86. The molecule has 0 saturated carbocycles. The highest BCUT2D eigenvalue weighted by Crippen LogP contribution is 2.35. The predicted molar refractivity (Wildman–Crippen MR) is 149 cm³/mol. The fourth-order valence-electron chi connectivity index (χ4n) is 4.74. The number of nitriles is 1. The van der Waals surface area contributed by atoms with Crippen molar-refractivity contribution >= 4 is 39.5 Å². The third-order valence-electron chi connectivity index (χ3n) is 6.53. The van der Waals surface area contributed by atoms with Crippen LogP contribution in [-0.2, 0) is 17.9 Å². The minimum atomic E-state index is -0.442. The molecule has 11 nitrogen and oxygen atoms in total. The van der Waals surface area contributed by atoms with Crippen molar-refractivity contribution < 1.29 is 9.53 Å². The molecule has 3 aromatic heterocycles. The van der Waals surface area contributed by atoms with Gasteiger partial charge < -0.3 is 15.8 Å². The molecule has 4 heterocycles. The van der Waals surface area contributed by atoms with Crippen LogP contribution in [0.2, 0.25) is 0 Å². The standard InChI is InChI=1S/C27H29N9O2S/c1-17-12-19(4-3-8-28)13-18(2)24(17)38-25-22-7-11-39-26(22)32-27(31-25)30-20-5-9-35(10-6-20)14-21-15-36(34-33-21)16-23(29)37/h3-4,7,11-13,15,20H,5-6,9-10,14,16H2,1-2H3,(H2,29,37)(H,30,31,32)/b4-3+. The summed E-state index contributed by atoms with van der Waals surface area (Å²) in [4.78, 5) is 23.8. The van der Waals surface area contributed by atoms with E-state index in [1.807, 2.05) is 43.5 Å². The number of nitrogens with zero attached hydrogens (tertiary/aromatic N) is 7. The van der Waals surface area contributed by atoms with Crippen LogP contribution < -0.4 is 15.8 Å². The van der Waals surface area contributed by atoms with Crippen LogP contribution in [0, 0.1) is 25.2 Å². The monoisotopic (exact) mass is 543 g/mol. The third-order valence-corrected chi connectivity index (χ3v) is 7.34. The minimum absolute atomic E-state index is 0.0312. The molecule has 1 saturated heterocycles. The lowest BCUT2D eigenvalue weighted by atomic mass is 10.1. The summed E-state index contributed by atoms with van der Waals surface area (Å²) in [7, 11) is 0. The predicted octanol–water partition coefficient (Wildman–Crippen LogP) is 3.79. The number of anilines is 1. The fraction of sp³-hybridized carbons (Fsp3) is 0.333. The zero-order valence-electron chi connectivity index (χ0n) is 21.8. The molecule has 0 aliphatic carbocycles. The maximum absolute atomic E-state index is 11.1. The first-order chi connectivity index (χ1) is 18.9. The van der Waals surface area contributed by atoms with Gasteiger partial charge >= 0.3 is 0 Å². The topological polar surface area (TPSA) is 148 Å². The van der Waals surface area contributed by atoms with Crippen LogP contribution in [0.3, 0.4) is 0 Å². The number of hydrogen-bond donors (Lipinski definition) is 2. The zero-order valence-corrected chi connectivity index (χ0v) is 22.6. The van der Waals surface area contributed by atoms with E-state index in [1.165, 1.54) is 10.8 Å². The maximum atomic E-state index is 11.1. The van der Waals surface area contributed by atoms with E-state index < -0.39 is 5.91 Å². The molecule has 0 unspecified atom stereocenters. The highest BCUT2D eigenvalue weighted by atomic mass is 32.1. The van der Waals surface area contributed by atoms with Crippen molar-refractivity contribution in [3.8, 4) is 17.7 Å². The van der Waals surface area contributed by atoms with Crippen LogP contribution in [0.25, 0.3) is 16.3 Å². The SMILES string of the molecule is Cc1cc(/C=C/C#N)cc(C)c1Oc1nc(NC2CCN(Cc3cn(CC(N)=O)nn3)CC2)nc2sccc12. The van der Waals surface area contributed by atoms with Crippen LogP contribution >= 0.6 is 11.3 Å². The van der Waals surface area contributed by atoms with Gasteiger partial charge in [0.1, 0.15) is 17.1 Å². The number of rotatable bonds is 9. The molecular formula is C27H29N9O2S. The lowest BCUT2D eigenvalue weighted by Crippen LogP contribution is -2.39. The number of nitrogens with one attached hydrogen (secondary N) is 1. The lowest BCUT2D eigenvalue weighted by Gasteiger charge is -2.31. The highest BCUT2D eigenvalue weighted by Gasteiger charge is 2.22. The Balaban J connectivity index is 1.25. The van der Waals surface area contributed by atoms with Gasteiger partial charge in [-0.2, -0.15) is 10.2 Å². The number of ether oxygens (including phenoxy) is 1. The summed E-state index contributed by atoms with van der Waals surface area (Å²) in [5, 5.41) is 23.3. The van der Waals surface area contributed by atoms with Crippen LogP contribution in [0.1, 0.15) is 35.2 Å². The second-order valence-electron chi connectivity index (χ2n) is 9.61. The van der Waals surface area contributed by atoms with Gasteiger partial charge in [-0.05, 0) is 73.0 Å². The van der Waals surface area contributed by atoms with Crippen LogP contribution in [0.15, 0.2) is 35.9 Å². The fourth-order valence-corrected chi connectivity index (χ4v) is 5.49. The van der Waals surface area contributed by atoms with Crippen molar-refractivity contribution in [2.24, 2.45) is 5.73 Å². The zero-order chi connectivity index (χ0) is 27.4. The molecule has 1 fully saturated rings. The van der Waals surface area contributed by atoms with Gasteiger partial charge in [0.05, 0.1) is 23.3 Å². The number of nitrogens with two attached hydrogens (primary N) is 1. The Morgan fingerprint density at radius 3 is 2.77 bits per heavy atom. The second-order valence-corrected chi connectivity index (χ2v) is 10.5. The Morgan fingerprint density at radius 2 is 2.05 bits per heavy atom. The van der Waals surface area contributed by atoms with Crippen molar-refractivity contribution in [3.05, 3.63) is 58.2 Å². The van der Waals surface area contributed by atoms with Gasteiger partial charge in [0.15, 0.2) is 0 Å². The van der Waals surface area contributed by atoms with Crippen molar-refractivity contribution in [3.63, 3.8) is 0 Å². The van der Waals surface area contributed by atoms with Gasteiger partial charge in [-0.25, -0.2) is 9.67 Å². The first-order valence-corrected chi connectivity index (χ1v) is 13.5. The smallest absolute Gasteiger partial charge is 0.239 e. The normalized spacial score (nSPS) is 14.6. The molecular weight excluding hydrogens is 514 g/mol. The summed E-state index contributed by atoms with van der Waals surface area (Å²) < 4.78 is 7.85. The molecule has 0 bridgehead atoms. The lowest BCUT2D eigenvalue weighted by molar-refractivity contribution is -0.118. The number of primary amides is 1. The number of benzene rings is 1. The van der Waals surface area contributed by atoms with Crippen molar-refractivity contribution in [2.75, 3.05) is 18.4 Å². The van der Waals surface area contributed by atoms with E-state index >= 15 is 0 Å². The van der Waals surface area contributed by atoms with Gasteiger partial charge in [-0.15, -0.1) is 16.4 Å². The van der Waals surface area contributed by atoms with E-state index in [-0.39, 0.29) is 12.6 Å². The average molecular weight is 544 g/mol. The number of allylic oxidation sites excluding steroid dienone is 1. The Hall–Kier alpha value is -4.34. The quantitative estimate of drug-likeness (QED) is 0.301. The molecule has 1 amide bonds. The van der Waals surface area contributed by atoms with Crippen molar-refractivity contribution in [2.45, 2.75) is 45.8 Å². The van der Waals surface area contributed by atoms with Gasteiger partial charge in [-0.3, -0.25) is 9.69 Å². The number of likely N-dealkylation sites (tertiary alicyclic amines) is 1. The molecule has 0 radical (unpaired) electrons. The largest absolute Gasteiger partial charge is 0.438 e. The Morgan fingerprint density at radius 1 is 1.28 bits per heavy atom. The van der Waals surface area contributed by atoms with Gasteiger partial charge in [-0.1, -0.05) is 5.21 Å². The summed E-state index contributed by atoms with van der Waals surface area (Å²) in [6.45, 7) is 6.45. The average Bonchev–Trinajstić information content (AvgIpc) is 3.55. The van der Waals surface area contributed by atoms with E-state index in [0.29, 0.717) is 18.4 Å². The van der Waals surface area contributed by atoms with E-state index in [4.69, 9.17) is 25.7 Å². The van der Waals surface area contributed by atoms with Crippen molar-refractivity contribution in [1.82, 2.24) is 29.9 Å². The Bertz CT molecular complexity index is 1540. The maximum Gasteiger partial charge on any atom is 0.239 e. The van der Waals surface area contributed by atoms with Crippen LogP contribution in [0.5, 0.6) is 11.6 Å². The molecule has 200 valence electrons. The molecule has 1 aliphatic heterocycles. The van der Waals surface area contributed by atoms with Gasteiger partial charge in [0, 0.05) is 31.8 Å². The number of aryl methyl sites for hydroxylation is 2. The first-order valence-electron chi connectivity index (χ1n) is 12.6. The third kappa shape index (κ3) is 6.39. The Labute approximate surface area is 229 Å². The number of aromatic nitrogens is 5. The van der Waals surface area contributed by atoms with E-state index in [2.05, 4.69) is 20.5 Å². The summed E-state index contributed by atoms with van der Waals surface area (Å²) in [5.41, 5.74) is 8.92. The van der Waals surface area contributed by atoms with Gasteiger partial charge in [0.2, 0.25) is 17.7 Å². The molecule has 0 atom stereocenters. The number of piperidine rings is 1. The van der Waals surface area contributed by atoms with Crippen molar-refractivity contribution in [1.29, 1.82) is 5.26 Å². The molecule has 5 rings (SSSR count).